The number of para-hydroxylation sites is 1. The monoisotopic (exact) mass is 726 g/mol. The molecule has 55 heavy (non-hydrogen) atoms. The molecule has 1 heterocycles. The van der Waals surface area contributed by atoms with Gasteiger partial charge in [-0.1, -0.05) is 65.7 Å². The van der Waals surface area contributed by atoms with E-state index in [1.807, 2.05) is 13.8 Å². The highest BCUT2D eigenvalue weighted by atomic mass is 16.5. The molecule has 0 aliphatic heterocycles. The number of aromatic nitrogens is 1. The topological polar surface area (TPSA) is 29.9 Å². The lowest BCUT2D eigenvalue weighted by Crippen LogP contribution is -2.22. The third-order valence-corrected chi connectivity index (χ3v) is 10.4. The van der Waals surface area contributed by atoms with Gasteiger partial charge in [0.15, 0.2) is 0 Å². The van der Waals surface area contributed by atoms with Gasteiger partial charge < -0.3 is 23.8 Å². The lowest BCUT2D eigenvalue weighted by Gasteiger charge is -2.26. The second kappa shape index (κ2) is 17.6. The van der Waals surface area contributed by atoms with E-state index in [0.717, 1.165) is 47.0 Å². The number of anilines is 4. The summed E-state index contributed by atoms with van der Waals surface area (Å²) in [5.74, 6) is 1.20. The second-order valence-electron chi connectivity index (χ2n) is 14.0. The van der Waals surface area contributed by atoms with Gasteiger partial charge in [-0.3, -0.25) is 0 Å². The molecular formula is C50H52N3O2+. The number of benzene rings is 6. The Labute approximate surface area is 327 Å². The van der Waals surface area contributed by atoms with Gasteiger partial charge in [0.2, 0.25) is 0 Å². The van der Waals surface area contributed by atoms with E-state index in [1.165, 1.54) is 44.8 Å². The third-order valence-electron chi connectivity index (χ3n) is 10.4. The first-order valence-electron chi connectivity index (χ1n) is 19.5. The number of nitrogens with zero attached hydrogens (tertiary/aromatic N) is 3. The molecule has 7 aromatic rings. The van der Waals surface area contributed by atoms with Crippen LogP contribution in [0.4, 0.5) is 22.7 Å². The van der Waals surface area contributed by atoms with Gasteiger partial charge in [0.25, 0.3) is 0 Å². The van der Waals surface area contributed by atoms with Crippen molar-refractivity contribution in [3.05, 3.63) is 185 Å². The zero-order valence-electron chi connectivity index (χ0n) is 32.8. The Morgan fingerprint density at radius 1 is 0.509 bits per heavy atom. The Bertz CT molecular complexity index is 2160. The first kappa shape index (κ1) is 37.6. The Morgan fingerprint density at radius 3 is 1.38 bits per heavy atom. The molecule has 1 aromatic heterocycles. The van der Waals surface area contributed by atoms with Crippen LogP contribution in [0.3, 0.4) is 0 Å². The molecule has 0 spiro atoms. The van der Waals surface area contributed by atoms with Crippen LogP contribution in [0, 0.1) is 19.8 Å². The molecule has 0 atom stereocenters. The maximum Gasteiger partial charge on any atom is 0.103 e. The normalized spacial score (nSPS) is 11.2. The SMILES string of the molecule is CCOCCN(c1ccc(C)cc1)c1ccc([C+](c2ccc(N(CCOCC)c3ccc(C)cc3)cc2)c2c(-c3ccccc3)n(C)c3ccccc23)cc1. The van der Waals surface area contributed by atoms with E-state index >= 15 is 0 Å². The Kier molecular flexibility index (Phi) is 12.0. The highest BCUT2D eigenvalue weighted by Gasteiger charge is 2.32. The largest absolute Gasteiger partial charge is 0.380 e. The van der Waals surface area contributed by atoms with Gasteiger partial charge in [-0.15, -0.1) is 0 Å². The number of aryl methyl sites for hydroxylation is 3. The van der Waals surface area contributed by atoms with E-state index < -0.39 is 0 Å². The van der Waals surface area contributed by atoms with Gasteiger partial charge in [-0.05, 0) is 125 Å². The molecule has 0 bridgehead atoms. The molecule has 0 aliphatic carbocycles. The summed E-state index contributed by atoms with van der Waals surface area (Å²) >= 11 is 0. The highest BCUT2D eigenvalue weighted by molar-refractivity contribution is 5.96. The molecule has 5 nitrogen and oxygen atoms in total. The number of rotatable bonds is 16. The first-order valence-corrected chi connectivity index (χ1v) is 19.5. The third kappa shape index (κ3) is 8.34. The Hall–Kier alpha value is -5.75. The van der Waals surface area contributed by atoms with Crippen LogP contribution >= 0.6 is 0 Å². The van der Waals surface area contributed by atoms with Crippen LogP contribution in [0.15, 0.2) is 152 Å². The van der Waals surface area contributed by atoms with E-state index in [4.69, 9.17) is 9.47 Å². The molecule has 0 saturated carbocycles. The number of ether oxygens (including phenoxy) is 2. The fraction of sp³-hybridized carbons (Fsp3) is 0.220. The molecule has 0 saturated heterocycles. The van der Waals surface area contributed by atoms with Gasteiger partial charge >= 0.3 is 0 Å². The van der Waals surface area contributed by atoms with Crippen LogP contribution in [0.1, 0.15) is 41.7 Å². The summed E-state index contributed by atoms with van der Waals surface area (Å²) < 4.78 is 14.0. The number of fused-ring (bicyclic) bond motifs is 1. The molecule has 0 amide bonds. The van der Waals surface area contributed by atoms with Crippen LogP contribution in [-0.2, 0) is 16.5 Å². The minimum absolute atomic E-state index is 0.649. The summed E-state index contributed by atoms with van der Waals surface area (Å²) in [7, 11) is 2.19. The van der Waals surface area contributed by atoms with Gasteiger partial charge in [0.05, 0.1) is 58.1 Å². The van der Waals surface area contributed by atoms with E-state index in [0.29, 0.717) is 26.4 Å². The number of hydrogen-bond donors (Lipinski definition) is 0. The van der Waals surface area contributed by atoms with Gasteiger partial charge in [-0.25, -0.2) is 0 Å². The molecule has 5 heteroatoms. The van der Waals surface area contributed by atoms with E-state index in [9.17, 15) is 0 Å². The molecule has 0 N–H and O–H groups in total. The van der Waals surface area contributed by atoms with E-state index in [1.54, 1.807) is 0 Å². The lowest BCUT2D eigenvalue weighted by molar-refractivity contribution is 0.155. The molecule has 6 aromatic carbocycles. The molecule has 7 rings (SSSR count). The average molecular weight is 727 g/mol. The van der Waals surface area contributed by atoms with Gasteiger partial charge in [0.1, 0.15) is 5.69 Å². The van der Waals surface area contributed by atoms with Crippen molar-refractivity contribution in [2.24, 2.45) is 7.05 Å². The van der Waals surface area contributed by atoms with Crippen LogP contribution in [-0.4, -0.2) is 44.1 Å². The molecule has 278 valence electrons. The smallest absolute Gasteiger partial charge is 0.103 e. The average Bonchev–Trinajstić information content (AvgIpc) is 3.51. The molecule has 0 fully saturated rings. The predicted octanol–water partition coefficient (Wildman–Crippen LogP) is 11.8. The number of hydrogen-bond acceptors (Lipinski definition) is 4. The van der Waals surface area contributed by atoms with Crippen LogP contribution in [0.2, 0.25) is 0 Å². The maximum absolute atomic E-state index is 5.84. The Morgan fingerprint density at radius 2 is 0.927 bits per heavy atom. The summed E-state index contributed by atoms with van der Waals surface area (Å²) in [4.78, 5) is 4.70. The van der Waals surface area contributed by atoms with Gasteiger partial charge in [-0.2, -0.15) is 0 Å². The highest BCUT2D eigenvalue weighted by Crippen LogP contribution is 2.44. The zero-order chi connectivity index (χ0) is 38.1. The van der Waals surface area contributed by atoms with Crippen molar-refractivity contribution in [2.45, 2.75) is 27.7 Å². The quantitative estimate of drug-likeness (QED) is 0.0733. The minimum Gasteiger partial charge on any atom is -0.380 e. The summed E-state index contributed by atoms with van der Waals surface area (Å²) in [6, 6.07) is 55.3. The summed E-state index contributed by atoms with van der Waals surface area (Å²) in [6.07, 6.45) is 0. The van der Waals surface area contributed by atoms with Crippen LogP contribution < -0.4 is 9.80 Å². The molecule has 0 aliphatic rings. The molecule has 0 unspecified atom stereocenters. The predicted molar refractivity (Wildman–Crippen MR) is 231 cm³/mol. The van der Waals surface area contributed by atoms with Crippen molar-refractivity contribution in [1.29, 1.82) is 0 Å². The van der Waals surface area contributed by atoms with E-state index in [-0.39, 0.29) is 0 Å². The fourth-order valence-electron chi connectivity index (χ4n) is 7.52. The van der Waals surface area contributed by atoms with Crippen LogP contribution in [0.5, 0.6) is 0 Å². The van der Waals surface area contributed by atoms with Crippen molar-refractivity contribution in [3.63, 3.8) is 0 Å². The summed E-state index contributed by atoms with van der Waals surface area (Å²) in [5, 5.41) is 1.22. The van der Waals surface area contributed by atoms with Crippen molar-refractivity contribution < 1.29 is 9.47 Å². The lowest BCUT2D eigenvalue weighted by atomic mass is 9.82. The fourth-order valence-corrected chi connectivity index (χ4v) is 7.52. The van der Waals surface area contributed by atoms with Crippen molar-refractivity contribution >= 4 is 33.7 Å². The maximum atomic E-state index is 5.84. The molecule has 0 radical (unpaired) electrons. The first-order chi connectivity index (χ1) is 27.0. The molecular weight excluding hydrogens is 675 g/mol. The summed E-state index contributed by atoms with van der Waals surface area (Å²) in [5.41, 5.74) is 14.2. The van der Waals surface area contributed by atoms with Crippen molar-refractivity contribution in [1.82, 2.24) is 4.57 Å². The van der Waals surface area contributed by atoms with Crippen molar-refractivity contribution in [3.8, 4) is 11.3 Å². The summed E-state index contributed by atoms with van der Waals surface area (Å²) in [6.45, 7) is 12.6. The van der Waals surface area contributed by atoms with Crippen LogP contribution in [0.25, 0.3) is 22.2 Å². The van der Waals surface area contributed by atoms with Crippen molar-refractivity contribution in [2.75, 3.05) is 49.3 Å². The standard InChI is InChI=1S/C50H52N3O2/c1-6-54-35-33-52(42-25-17-37(3)18-26-42)44-29-21-39(22-30-44)48(49-46-15-11-12-16-47(46)51(5)50(49)41-13-9-8-10-14-41)40-23-31-45(32-24-40)53(34-36-55-7-2)43-27-19-38(4)20-28-43/h8-32H,6-7,33-36H2,1-5H3/q+1. The van der Waals surface area contributed by atoms with Gasteiger partial charge in [0, 0.05) is 50.3 Å². The second-order valence-corrected chi connectivity index (χ2v) is 14.0. The zero-order valence-corrected chi connectivity index (χ0v) is 32.8. The minimum atomic E-state index is 0.649. The Balaban J connectivity index is 1.36. The van der Waals surface area contributed by atoms with E-state index in [2.05, 4.69) is 187 Å².